The third-order valence-corrected chi connectivity index (χ3v) is 3.48. The first-order valence-corrected chi connectivity index (χ1v) is 6.47. The largest absolute Gasteiger partial charge is 0.312 e. The van der Waals surface area contributed by atoms with Crippen LogP contribution in [-0.4, -0.2) is 21.4 Å². The van der Waals surface area contributed by atoms with Gasteiger partial charge in [0.15, 0.2) is 5.82 Å². The summed E-state index contributed by atoms with van der Waals surface area (Å²) < 4.78 is 0. The molecule has 1 aliphatic rings. The Labute approximate surface area is 116 Å². The fraction of sp³-hybridized carbons (Fsp3) is 0.286. The van der Waals surface area contributed by atoms with Crippen molar-refractivity contribution in [1.29, 1.82) is 0 Å². The van der Waals surface area contributed by atoms with E-state index in [-0.39, 0.29) is 5.69 Å². The second-order valence-electron chi connectivity index (χ2n) is 4.76. The fourth-order valence-corrected chi connectivity index (χ4v) is 2.45. The molecule has 0 unspecified atom stereocenters. The summed E-state index contributed by atoms with van der Waals surface area (Å²) in [6, 6.07) is 6.59. The van der Waals surface area contributed by atoms with Gasteiger partial charge in [-0.25, -0.2) is 9.97 Å². The third-order valence-electron chi connectivity index (χ3n) is 3.48. The van der Waals surface area contributed by atoms with Gasteiger partial charge in [0.1, 0.15) is 0 Å². The zero-order chi connectivity index (χ0) is 14.1. The molecule has 1 aliphatic heterocycles. The fourth-order valence-electron chi connectivity index (χ4n) is 2.45. The van der Waals surface area contributed by atoms with Crippen LogP contribution in [0.4, 0.5) is 5.69 Å². The Kier molecular flexibility index (Phi) is 3.15. The highest BCUT2D eigenvalue weighted by atomic mass is 16.6. The maximum absolute atomic E-state index is 11.1. The molecule has 0 atom stereocenters. The van der Waals surface area contributed by atoms with E-state index in [0.717, 1.165) is 36.5 Å². The molecule has 1 N–H and O–H groups in total. The second kappa shape index (κ2) is 4.97. The first-order valence-electron chi connectivity index (χ1n) is 6.47. The van der Waals surface area contributed by atoms with Crippen LogP contribution in [0.1, 0.15) is 17.0 Å². The molecule has 20 heavy (non-hydrogen) atoms. The lowest BCUT2D eigenvalue weighted by Crippen LogP contribution is -2.26. The van der Waals surface area contributed by atoms with Crippen LogP contribution in [-0.2, 0) is 13.0 Å². The van der Waals surface area contributed by atoms with Crippen molar-refractivity contribution in [2.45, 2.75) is 19.9 Å². The smallest absolute Gasteiger partial charge is 0.280 e. The van der Waals surface area contributed by atoms with Crippen molar-refractivity contribution in [3.8, 4) is 11.4 Å². The summed E-state index contributed by atoms with van der Waals surface area (Å²) in [5.41, 5.74) is 3.50. The lowest BCUT2D eigenvalue weighted by molar-refractivity contribution is -0.384. The molecule has 0 aliphatic carbocycles. The number of fused-ring (bicyclic) bond motifs is 1. The normalized spacial score (nSPS) is 13.8. The molecule has 0 fully saturated rings. The van der Waals surface area contributed by atoms with Crippen molar-refractivity contribution in [1.82, 2.24) is 15.3 Å². The van der Waals surface area contributed by atoms with Gasteiger partial charge in [-0.15, -0.1) is 0 Å². The van der Waals surface area contributed by atoms with Gasteiger partial charge in [0.2, 0.25) is 0 Å². The van der Waals surface area contributed by atoms with Crippen molar-refractivity contribution in [2.24, 2.45) is 0 Å². The van der Waals surface area contributed by atoms with Crippen molar-refractivity contribution >= 4 is 5.69 Å². The van der Waals surface area contributed by atoms with E-state index in [9.17, 15) is 10.1 Å². The highest BCUT2D eigenvalue weighted by molar-refractivity contribution is 5.68. The van der Waals surface area contributed by atoms with Gasteiger partial charge in [-0.2, -0.15) is 0 Å². The summed E-state index contributed by atoms with van der Waals surface area (Å²) in [6.07, 6.45) is 0.826. The van der Waals surface area contributed by atoms with Crippen LogP contribution in [0, 0.1) is 17.0 Å². The maximum atomic E-state index is 11.1. The van der Waals surface area contributed by atoms with E-state index < -0.39 is 4.92 Å². The monoisotopic (exact) mass is 270 g/mol. The first-order chi connectivity index (χ1) is 9.66. The summed E-state index contributed by atoms with van der Waals surface area (Å²) in [4.78, 5) is 19.7. The average molecular weight is 270 g/mol. The number of nitro groups is 1. The Morgan fingerprint density at radius 3 is 2.90 bits per heavy atom. The number of rotatable bonds is 2. The molecule has 3 rings (SSSR count). The van der Waals surface area contributed by atoms with Gasteiger partial charge < -0.3 is 5.32 Å². The molecule has 6 heteroatoms. The van der Waals surface area contributed by atoms with Crippen LogP contribution in [0.5, 0.6) is 0 Å². The van der Waals surface area contributed by atoms with Gasteiger partial charge in [-0.05, 0) is 13.0 Å². The van der Waals surface area contributed by atoms with Gasteiger partial charge in [0, 0.05) is 36.8 Å². The molecule has 0 bridgehead atoms. The average Bonchev–Trinajstić information content (AvgIpc) is 2.47. The molecule has 0 spiro atoms. The van der Waals surface area contributed by atoms with Crippen LogP contribution in [0.2, 0.25) is 0 Å². The number of para-hydroxylation sites is 1. The summed E-state index contributed by atoms with van der Waals surface area (Å²) >= 11 is 0. The zero-order valence-electron chi connectivity index (χ0n) is 11.1. The Bertz CT molecular complexity index is 685. The minimum atomic E-state index is -0.394. The van der Waals surface area contributed by atoms with Crippen LogP contribution in [0.15, 0.2) is 24.3 Å². The number of hydrogen-bond donors (Lipinski definition) is 1. The highest BCUT2D eigenvalue weighted by Gasteiger charge is 2.20. The molecule has 0 amide bonds. The van der Waals surface area contributed by atoms with Crippen molar-refractivity contribution in [3.05, 3.63) is 51.3 Å². The Morgan fingerprint density at radius 2 is 2.10 bits per heavy atom. The zero-order valence-corrected chi connectivity index (χ0v) is 11.1. The van der Waals surface area contributed by atoms with Gasteiger partial charge in [0.05, 0.1) is 16.2 Å². The van der Waals surface area contributed by atoms with E-state index in [1.54, 1.807) is 18.2 Å². The topological polar surface area (TPSA) is 81.0 Å². The van der Waals surface area contributed by atoms with E-state index in [1.165, 1.54) is 6.07 Å². The highest BCUT2D eigenvalue weighted by Crippen LogP contribution is 2.28. The molecular formula is C14H14N4O2. The molecule has 0 radical (unpaired) electrons. The van der Waals surface area contributed by atoms with Gasteiger partial charge in [0.25, 0.3) is 5.69 Å². The molecule has 1 aromatic carbocycles. The first kappa shape index (κ1) is 12.7. The Balaban J connectivity index is 2.16. The summed E-state index contributed by atoms with van der Waals surface area (Å²) in [7, 11) is 0. The molecule has 0 saturated heterocycles. The Hall–Kier alpha value is -2.34. The van der Waals surface area contributed by atoms with Gasteiger partial charge in [-0.1, -0.05) is 12.1 Å². The van der Waals surface area contributed by atoms with Crippen LogP contribution >= 0.6 is 0 Å². The molecule has 0 saturated carbocycles. The van der Waals surface area contributed by atoms with E-state index in [4.69, 9.17) is 0 Å². The minimum Gasteiger partial charge on any atom is -0.312 e. The van der Waals surface area contributed by atoms with Gasteiger partial charge >= 0.3 is 0 Å². The van der Waals surface area contributed by atoms with Crippen LogP contribution < -0.4 is 5.32 Å². The minimum absolute atomic E-state index is 0.0424. The SMILES string of the molecule is Cc1nc(-c2ccccc2[N+](=O)[O-])nc2c1CNCC2. The molecule has 1 aromatic heterocycles. The van der Waals surface area contributed by atoms with E-state index in [1.807, 2.05) is 6.92 Å². The van der Waals surface area contributed by atoms with Crippen molar-refractivity contribution < 1.29 is 4.92 Å². The third kappa shape index (κ3) is 2.14. The number of nitrogens with zero attached hydrogens (tertiary/aromatic N) is 3. The van der Waals surface area contributed by atoms with E-state index >= 15 is 0 Å². The number of nitro benzene ring substituents is 1. The quantitative estimate of drug-likeness (QED) is 0.667. The molecular weight excluding hydrogens is 256 g/mol. The van der Waals surface area contributed by atoms with Crippen molar-refractivity contribution in [2.75, 3.05) is 6.54 Å². The number of benzene rings is 1. The van der Waals surface area contributed by atoms with Crippen LogP contribution in [0.25, 0.3) is 11.4 Å². The molecule has 6 nitrogen and oxygen atoms in total. The number of hydrogen-bond acceptors (Lipinski definition) is 5. The predicted molar refractivity (Wildman–Crippen MR) is 74.3 cm³/mol. The molecule has 102 valence electrons. The predicted octanol–water partition coefficient (Wildman–Crippen LogP) is 2.01. The summed E-state index contributed by atoms with van der Waals surface area (Å²) in [5.74, 6) is 0.440. The van der Waals surface area contributed by atoms with E-state index in [0.29, 0.717) is 11.4 Å². The standard InChI is InChI=1S/C14H14N4O2/c1-9-11-8-15-7-6-12(11)17-14(16-9)10-4-2-3-5-13(10)18(19)20/h2-5,15H,6-8H2,1H3. The number of nitrogens with one attached hydrogen (secondary N) is 1. The van der Waals surface area contributed by atoms with E-state index in [2.05, 4.69) is 15.3 Å². The summed E-state index contributed by atoms with van der Waals surface area (Å²) in [6.45, 7) is 3.56. The van der Waals surface area contributed by atoms with Crippen molar-refractivity contribution in [3.63, 3.8) is 0 Å². The molecule has 2 heterocycles. The maximum Gasteiger partial charge on any atom is 0.280 e. The van der Waals surface area contributed by atoms with Crippen LogP contribution in [0.3, 0.4) is 0 Å². The lowest BCUT2D eigenvalue weighted by Gasteiger charge is -2.18. The van der Waals surface area contributed by atoms with Gasteiger partial charge in [-0.3, -0.25) is 10.1 Å². The number of aromatic nitrogens is 2. The Morgan fingerprint density at radius 1 is 1.30 bits per heavy atom. The lowest BCUT2D eigenvalue weighted by atomic mass is 10.0. The number of aryl methyl sites for hydroxylation is 1. The second-order valence-corrected chi connectivity index (χ2v) is 4.76. The molecule has 2 aromatic rings. The summed E-state index contributed by atoms with van der Waals surface area (Å²) in [5, 5.41) is 14.4.